The smallest absolute Gasteiger partial charge is 0.260 e. The molecular weight excluding hydrogens is 266 g/mol. The van der Waals surface area contributed by atoms with Crippen LogP contribution >= 0.6 is 0 Å². The molecule has 0 aromatic heterocycles. The Morgan fingerprint density at radius 1 is 1.33 bits per heavy atom. The van der Waals surface area contributed by atoms with Gasteiger partial charge >= 0.3 is 0 Å². The Bertz CT molecular complexity index is 481. The highest BCUT2D eigenvalue weighted by atomic mass is 16.5. The summed E-state index contributed by atoms with van der Waals surface area (Å²) in [6.07, 6.45) is 2.01. The van der Waals surface area contributed by atoms with Gasteiger partial charge in [-0.15, -0.1) is 0 Å². The van der Waals surface area contributed by atoms with Crippen LogP contribution in [0.4, 0.5) is 0 Å². The monoisotopic (exact) mass is 291 g/mol. The number of hydrogen-bond acceptors (Lipinski definition) is 3. The molecule has 0 unspecified atom stereocenters. The number of benzene rings is 1. The summed E-state index contributed by atoms with van der Waals surface area (Å²) >= 11 is 0. The van der Waals surface area contributed by atoms with Crippen LogP contribution in [0.1, 0.15) is 25.3 Å². The normalized spacial score (nSPS) is 17.3. The molecule has 21 heavy (non-hydrogen) atoms. The molecule has 4 heteroatoms. The molecule has 1 fully saturated rings. The van der Waals surface area contributed by atoms with Crippen molar-refractivity contribution in [3.05, 3.63) is 29.8 Å². The number of rotatable bonds is 5. The summed E-state index contributed by atoms with van der Waals surface area (Å²) < 4.78 is 11.0. The lowest BCUT2D eigenvalue weighted by molar-refractivity contribution is -0.134. The van der Waals surface area contributed by atoms with E-state index in [1.807, 2.05) is 38.2 Å². The maximum absolute atomic E-state index is 12.2. The van der Waals surface area contributed by atoms with Crippen molar-refractivity contribution < 1.29 is 14.3 Å². The highest BCUT2D eigenvalue weighted by Gasteiger charge is 2.30. The van der Waals surface area contributed by atoms with E-state index in [9.17, 15) is 4.79 Å². The molecule has 0 N–H and O–H groups in total. The van der Waals surface area contributed by atoms with E-state index in [-0.39, 0.29) is 17.9 Å². The van der Waals surface area contributed by atoms with Gasteiger partial charge < -0.3 is 14.4 Å². The van der Waals surface area contributed by atoms with E-state index in [2.05, 4.69) is 6.92 Å². The van der Waals surface area contributed by atoms with E-state index < -0.39 is 0 Å². The second kappa shape index (κ2) is 6.94. The molecule has 0 aliphatic carbocycles. The number of para-hydroxylation sites is 1. The third-order valence-electron chi connectivity index (χ3n) is 4.19. The number of amides is 1. The quantitative estimate of drug-likeness (QED) is 0.837. The van der Waals surface area contributed by atoms with Crippen LogP contribution in [-0.2, 0) is 9.53 Å². The zero-order chi connectivity index (χ0) is 15.3. The molecule has 0 atom stereocenters. The fourth-order valence-electron chi connectivity index (χ4n) is 2.65. The Labute approximate surface area is 127 Å². The van der Waals surface area contributed by atoms with Crippen LogP contribution in [0.5, 0.6) is 5.75 Å². The first kappa shape index (κ1) is 15.8. The molecule has 4 nitrogen and oxygen atoms in total. The number of carbonyl (C=O) groups excluding carboxylic acids is 1. The van der Waals surface area contributed by atoms with Crippen LogP contribution in [-0.4, -0.2) is 44.2 Å². The first-order valence-corrected chi connectivity index (χ1v) is 7.50. The summed E-state index contributed by atoms with van der Waals surface area (Å²) in [4.78, 5) is 14.0. The minimum atomic E-state index is 0.0194. The summed E-state index contributed by atoms with van der Waals surface area (Å²) in [5.41, 5.74) is 1.20. The molecule has 116 valence electrons. The topological polar surface area (TPSA) is 38.8 Å². The maximum Gasteiger partial charge on any atom is 0.260 e. The summed E-state index contributed by atoms with van der Waals surface area (Å²) in [6, 6.07) is 7.75. The maximum atomic E-state index is 12.2. The third-order valence-corrected chi connectivity index (χ3v) is 4.19. The van der Waals surface area contributed by atoms with Gasteiger partial charge in [0.15, 0.2) is 6.61 Å². The lowest BCUT2D eigenvalue weighted by Crippen LogP contribution is -2.42. The van der Waals surface area contributed by atoms with Crippen molar-refractivity contribution in [1.82, 2.24) is 4.90 Å². The molecule has 0 radical (unpaired) electrons. The Balaban J connectivity index is 1.84. The van der Waals surface area contributed by atoms with Crippen LogP contribution < -0.4 is 4.74 Å². The zero-order valence-corrected chi connectivity index (χ0v) is 13.2. The number of carbonyl (C=O) groups is 1. The highest BCUT2D eigenvalue weighted by molar-refractivity contribution is 5.77. The average molecular weight is 291 g/mol. The highest BCUT2D eigenvalue weighted by Crippen LogP contribution is 2.30. The second-order valence-electron chi connectivity index (χ2n) is 6.23. The second-order valence-corrected chi connectivity index (χ2v) is 6.23. The molecule has 1 aromatic rings. The number of nitrogens with zero attached hydrogens (tertiary/aromatic N) is 1. The van der Waals surface area contributed by atoms with E-state index in [1.54, 1.807) is 4.90 Å². The van der Waals surface area contributed by atoms with Gasteiger partial charge in [-0.05, 0) is 36.8 Å². The third kappa shape index (κ3) is 4.46. The molecule has 0 bridgehead atoms. The van der Waals surface area contributed by atoms with Crippen molar-refractivity contribution in [2.75, 3.05) is 33.4 Å². The molecule has 1 saturated heterocycles. The Morgan fingerprint density at radius 2 is 2.00 bits per heavy atom. The molecule has 1 aliphatic rings. The predicted molar refractivity (Wildman–Crippen MR) is 82.5 cm³/mol. The van der Waals surface area contributed by atoms with E-state index in [4.69, 9.17) is 9.47 Å². The Hall–Kier alpha value is -1.55. The van der Waals surface area contributed by atoms with Crippen LogP contribution in [0.3, 0.4) is 0 Å². The van der Waals surface area contributed by atoms with Crippen LogP contribution in [0, 0.1) is 12.3 Å². The fraction of sp³-hybridized carbons (Fsp3) is 0.588. The minimum absolute atomic E-state index is 0.0194. The SMILES string of the molecule is Cc1ccccc1OCC(=O)N(C)CC1(C)CCOCC1. The molecule has 0 saturated carbocycles. The van der Waals surface area contributed by atoms with Crippen molar-refractivity contribution in [1.29, 1.82) is 0 Å². The average Bonchev–Trinajstić information content (AvgIpc) is 2.46. The minimum Gasteiger partial charge on any atom is -0.484 e. The largest absolute Gasteiger partial charge is 0.484 e. The molecule has 1 aliphatic heterocycles. The van der Waals surface area contributed by atoms with E-state index in [0.717, 1.165) is 43.9 Å². The molecule has 1 aromatic carbocycles. The van der Waals surface area contributed by atoms with Gasteiger partial charge in [-0.25, -0.2) is 0 Å². The summed E-state index contributed by atoms with van der Waals surface area (Å²) in [5.74, 6) is 0.794. The van der Waals surface area contributed by atoms with Gasteiger partial charge in [0, 0.05) is 26.8 Å². The summed E-state index contributed by atoms with van der Waals surface area (Å²) in [5, 5.41) is 0. The molecule has 0 spiro atoms. The van der Waals surface area contributed by atoms with Crippen molar-refractivity contribution >= 4 is 5.91 Å². The molecule has 1 amide bonds. The number of aryl methyl sites for hydroxylation is 1. The zero-order valence-electron chi connectivity index (χ0n) is 13.2. The van der Waals surface area contributed by atoms with Crippen molar-refractivity contribution in [3.8, 4) is 5.75 Å². The number of ether oxygens (including phenoxy) is 2. The molecular formula is C17H25NO3. The van der Waals surface area contributed by atoms with Gasteiger partial charge in [0.25, 0.3) is 5.91 Å². The Morgan fingerprint density at radius 3 is 2.67 bits per heavy atom. The predicted octanol–water partition coefficient (Wildman–Crippen LogP) is 2.65. The standard InChI is InChI=1S/C17H25NO3/c1-14-6-4-5-7-15(14)21-12-16(19)18(3)13-17(2)8-10-20-11-9-17/h4-7H,8-13H2,1-3H3. The molecule has 1 heterocycles. The van der Waals surface area contributed by atoms with Gasteiger partial charge in [-0.1, -0.05) is 25.1 Å². The van der Waals surface area contributed by atoms with Crippen LogP contribution in [0.2, 0.25) is 0 Å². The molecule has 2 rings (SSSR count). The van der Waals surface area contributed by atoms with Gasteiger partial charge in [-0.3, -0.25) is 4.79 Å². The van der Waals surface area contributed by atoms with Crippen molar-refractivity contribution in [3.63, 3.8) is 0 Å². The fourth-order valence-corrected chi connectivity index (χ4v) is 2.65. The van der Waals surface area contributed by atoms with E-state index in [0.29, 0.717) is 0 Å². The Kier molecular flexibility index (Phi) is 5.23. The van der Waals surface area contributed by atoms with E-state index in [1.165, 1.54) is 0 Å². The van der Waals surface area contributed by atoms with Gasteiger partial charge in [0.2, 0.25) is 0 Å². The van der Waals surface area contributed by atoms with Crippen LogP contribution in [0.15, 0.2) is 24.3 Å². The summed E-state index contributed by atoms with van der Waals surface area (Å²) in [7, 11) is 1.85. The van der Waals surface area contributed by atoms with Gasteiger partial charge in [0.1, 0.15) is 5.75 Å². The van der Waals surface area contributed by atoms with Gasteiger partial charge in [-0.2, -0.15) is 0 Å². The van der Waals surface area contributed by atoms with Crippen molar-refractivity contribution in [2.45, 2.75) is 26.7 Å². The first-order chi connectivity index (χ1) is 10.0. The van der Waals surface area contributed by atoms with E-state index >= 15 is 0 Å². The van der Waals surface area contributed by atoms with Crippen LogP contribution in [0.25, 0.3) is 0 Å². The first-order valence-electron chi connectivity index (χ1n) is 7.50. The lowest BCUT2D eigenvalue weighted by Gasteiger charge is -2.36. The lowest BCUT2D eigenvalue weighted by atomic mass is 9.82. The van der Waals surface area contributed by atoms with Gasteiger partial charge in [0.05, 0.1) is 0 Å². The van der Waals surface area contributed by atoms with Crippen molar-refractivity contribution in [2.24, 2.45) is 5.41 Å². The summed E-state index contributed by atoms with van der Waals surface area (Å²) in [6.45, 7) is 6.63. The number of hydrogen-bond donors (Lipinski definition) is 0. The number of likely N-dealkylation sites (N-methyl/N-ethyl adjacent to an activating group) is 1.